The molecule has 0 radical (unpaired) electrons. The Morgan fingerprint density at radius 3 is 2.92 bits per heavy atom. The van der Waals surface area contributed by atoms with Gasteiger partial charge in [0.25, 0.3) is 0 Å². The molecule has 1 aliphatic rings. The zero-order valence-corrected chi connectivity index (χ0v) is 14.5. The van der Waals surface area contributed by atoms with Crippen molar-refractivity contribution in [3.05, 3.63) is 52.4 Å². The second-order valence-electron chi connectivity index (χ2n) is 6.10. The van der Waals surface area contributed by atoms with Crippen molar-refractivity contribution in [2.45, 2.75) is 20.0 Å². The van der Waals surface area contributed by atoms with Crippen LogP contribution in [0.25, 0.3) is 22.4 Å². The molecule has 1 amide bonds. The van der Waals surface area contributed by atoms with Crippen molar-refractivity contribution in [2.75, 3.05) is 11.1 Å². The molecule has 6 heteroatoms. The highest BCUT2D eigenvalue weighted by molar-refractivity contribution is 7.15. The summed E-state index contributed by atoms with van der Waals surface area (Å²) in [6, 6.07) is 11.7. The molecule has 0 atom stereocenters. The molecule has 4 rings (SSSR count). The van der Waals surface area contributed by atoms with Gasteiger partial charge in [-0.15, -0.1) is 11.3 Å². The van der Waals surface area contributed by atoms with E-state index < -0.39 is 0 Å². The van der Waals surface area contributed by atoms with Crippen LogP contribution in [0.4, 0.5) is 10.8 Å². The smallest absolute Gasteiger partial charge is 0.221 e. The van der Waals surface area contributed by atoms with Crippen LogP contribution in [-0.2, 0) is 17.8 Å². The van der Waals surface area contributed by atoms with Gasteiger partial charge in [-0.25, -0.2) is 4.98 Å². The Balaban J connectivity index is 1.91. The van der Waals surface area contributed by atoms with Gasteiger partial charge in [0.15, 0.2) is 5.13 Å². The second-order valence-corrected chi connectivity index (χ2v) is 7.21. The summed E-state index contributed by atoms with van der Waals surface area (Å²) in [4.78, 5) is 17.3. The molecule has 0 unspecified atom stereocenters. The molecule has 0 fully saturated rings. The number of aliphatic hydroxyl groups excluding tert-OH is 1. The van der Waals surface area contributed by atoms with Gasteiger partial charge in [-0.05, 0) is 34.9 Å². The zero-order valence-electron chi connectivity index (χ0n) is 13.7. The van der Waals surface area contributed by atoms with Crippen LogP contribution < -0.4 is 11.1 Å². The van der Waals surface area contributed by atoms with Gasteiger partial charge < -0.3 is 16.2 Å². The number of nitrogen functional groups attached to an aromatic ring is 1. The summed E-state index contributed by atoms with van der Waals surface area (Å²) in [6.45, 7) is 1.47. The average Bonchev–Trinajstić information content (AvgIpc) is 3.09. The van der Waals surface area contributed by atoms with E-state index in [-0.39, 0.29) is 12.5 Å². The van der Waals surface area contributed by atoms with E-state index in [1.807, 2.05) is 30.3 Å². The van der Waals surface area contributed by atoms with Crippen LogP contribution >= 0.6 is 11.3 Å². The number of fused-ring (bicyclic) bond motifs is 3. The summed E-state index contributed by atoms with van der Waals surface area (Å²) in [6.07, 6.45) is 0.781. The summed E-state index contributed by atoms with van der Waals surface area (Å²) in [7, 11) is 0. The molecule has 0 bridgehead atoms. The standard InChI is InChI=1S/C19H17N3O2S/c1-10(24)21-16-6-13-7-17-18(22-19(20)25-17)15(13)8-14(16)12-4-2-3-11(5-12)9-23/h2-6,8,23H,7,9H2,1H3,(H2,20,22)(H,21,24). The van der Waals surface area contributed by atoms with Gasteiger partial charge in [0.05, 0.1) is 12.3 Å². The van der Waals surface area contributed by atoms with E-state index in [1.165, 1.54) is 18.3 Å². The molecular formula is C19H17N3O2S. The van der Waals surface area contributed by atoms with E-state index >= 15 is 0 Å². The Labute approximate surface area is 149 Å². The van der Waals surface area contributed by atoms with Gasteiger partial charge >= 0.3 is 0 Å². The van der Waals surface area contributed by atoms with Crippen LogP contribution in [0.1, 0.15) is 22.9 Å². The summed E-state index contributed by atoms with van der Waals surface area (Å²) in [5.74, 6) is -0.116. The molecule has 0 aliphatic heterocycles. The molecule has 3 aromatic rings. The van der Waals surface area contributed by atoms with Gasteiger partial charge in [0, 0.05) is 35.0 Å². The first-order valence-electron chi connectivity index (χ1n) is 7.95. The first-order chi connectivity index (χ1) is 12.0. The fourth-order valence-electron chi connectivity index (χ4n) is 3.25. The number of amides is 1. The molecule has 1 aliphatic carbocycles. The molecule has 1 aromatic heterocycles. The first kappa shape index (κ1) is 15.8. The third kappa shape index (κ3) is 2.79. The van der Waals surface area contributed by atoms with Gasteiger partial charge in [0.2, 0.25) is 5.91 Å². The van der Waals surface area contributed by atoms with Crippen molar-refractivity contribution in [2.24, 2.45) is 0 Å². The van der Waals surface area contributed by atoms with E-state index in [1.54, 1.807) is 0 Å². The molecule has 2 aromatic carbocycles. The van der Waals surface area contributed by atoms with Crippen molar-refractivity contribution in [3.8, 4) is 22.4 Å². The van der Waals surface area contributed by atoms with Gasteiger partial charge in [-0.1, -0.05) is 18.2 Å². The molecule has 25 heavy (non-hydrogen) atoms. The van der Waals surface area contributed by atoms with Crippen molar-refractivity contribution < 1.29 is 9.90 Å². The number of rotatable bonds is 3. The SMILES string of the molecule is CC(=O)Nc1cc2c(cc1-c1cccc(CO)c1)-c1nc(N)sc1C2. The number of nitrogens with one attached hydrogen (secondary N) is 1. The summed E-state index contributed by atoms with van der Waals surface area (Å²) in [5.41, 5.74) is 12.4. The van der Waals surface area contributed by atoms with Crippen molar-refractivity contribution in [1.82, 2.24) is 4.98 Å². The quantitative estimate of drug-likeness (QED) is 0.528. The normalized spacial score (nSPS) is 11.9. The predicted molar refractivity (Wildman–Crippen MR) is 100 cm³/mol. The molecule has 0 saturated carbocycles. The minimum atomic E-state index is -0.116. The van der Waals surface area contributed by atoms with Crippen LogP contribution in [0.3, 0.4) is 0 Å². The number of carbonyl (C=O) groups is 1. The summed E-state index contributed by atoms with van der Waals surface area (Å²) >= 11 is 1.51. The molecule has 0 spiro atoms. The molecule has 1 heterocycles. The lowest BCUT2D eigenvalue weighted by Gasteiger charge is -2.14. The third-order valence-electron chi connectivity index (χ3n) is 4.29. The number of nitrogens with two attached hydrogens (primary N) is 1. The summed E-state index contributed by atoms with van der Waals surface area (Å²) in [5, 5.41) is 12.9. The third-order valence-corrected chi connectivity index (χ3v) is 5.18. The number of hydrogen-bond donors (Lipinski definition) is 3. The van der Waals surface area contributed by atoms with E-state index in [4.69, 9.17) is 5.73 Å². The van der Waals surface area contributed by atoms with E-state index in [0.29, 0.717) is 5.13 Å². The zero-order chi connectivity index (χ0) is 17.6. The van der Waals surface area contributed by atoms with Gasteiger partial charge in [0.1, 0.15) is 0 Å². The average molecular weight is 351 g/mol. The van der Waals surface area contributed by atoms with Gasteiger partial charge in [-0.3, -0.25) is 4.79 Å². The lowest BCUT2D eigenvalue weighted by atomic mass is 9.96. The van der Waals surface area contributed by atoms with Crippen LogP contribution in [0, 0.1) is 0 Å². The Bertz CT molecular complexity index is 994. The molecular weight excluding hydrogens is 334 g/mol. The highest BCUT2D eigenvalue weighted by Crippen LogP contribution is 2.44. The fraction of sp³-hybridized carbons (Fsp3) is 0.158. The number of carbonyl (C=O) groups excluding carboxylic acids is 1. The topological polar surface area (TPSA) is 88.2 Å². The number of benzene rings is 2. The Hall–Kier alpha value is -2.70. The van der Waals surface area contributed by atoms with Crippen LogP contribution in [0.5, 0.6) is 0 Å². The van der Waals surface area contributed by atoms with Crippen LogP contribution in [0.2, 0.25) is 0 Å². The number of anilines is 2. The summed E-state index contributed by atoms with van der Waals surface area (Å²) < 4.78 is 0. The number of thiazole rings is 1. The maximum atomic E-state index is 11.7. The predicted octanol–water partition coefficient (Wildman–Crippen LogP) is 3.41. The Kier molecular flexibility index (Phi) is 3.78. The highest BCUT2D eigenvalue weighted by atomic mass is 32.1. The van der Waals surface area contributed by atoms with Crippen molar-refractivity contribution >= 4 is 28.1 Å². The lowest BCUT2D eigenvalue weighted by molar-refractivity contribution is -0.114. The molecule has 0 saturated heterocycles. The van der Waals surface area contributed by atoms with Crippen molar-refractivity contribution in [1.29, 1.82) is 0 Å². The Morgan fingerprint density at radius 1 is 1.32 bits per heavy atom. The maximum Gasteiger partial charge on any atom is 0.221 e. The monoisotopic (exact) mass is 351 g/mol. The van der Waals surface area contributed by atoms with Gasteiger partial charge in [-0.2, -0.15) is 0 Å². The number of aliphatic hydroxyl groups is 1. The second kappa shape index (κ2) is 5.98. The Morgan fingerprint density at radius 2 is 2.16 bits per heavy atom. The minimum Gasteiger partial charge on any atom is -0.392 e. The molecule has 126 valence electrons. The molecule has 4 N–H and O–H groups in total. The molecule has 5 nitrogen and oxygen atoms in total. The fourth-order valence-corrected chi connectivity index (χ4v) is 4.12. The lowest BCUT2D eigenvalue weighted by Crippen LogP contribution is -2.07. The van der Waals surface area contributed by atoms with E-state index in [0.717, 1.165) is 50.5 Å². The maximum absolute atomic E-state index is 11.7. The minimum absolute atomic E-state index is 0.0268. The van der Waals surface area contributed by atoms with Crippen LogP contribution in [0.15, 0.2) is 36.4 Å². The van der Waals surface area contributed by atoms with Crippen molar-refractivity contribution in [3.63, 3.8) is 0 Å². The first-order valence-corrected chi connectivity index (χ1v) is 8.77. The number of hydrogen-bond acceptors (Lipinski definition) is 5. The van der Waals surface area contributed by atoms with E-state index in [9.17, 15) is 9.90 Å². The highest BCUT2D eigenvalue weighted by Gasteiger charge is 2.25. The number of nitrogens with zero attached hydrogens (tertiary/aromatic N) is 1. The van der Waals surface area contributed by atoms with Crippen LogP contribution in [-0.4, -0.2) is 16.0 Å². The number of aromatic nitrogens is 1. The van der Waals surface area contributed by atoms with E-state index in [2.05, 4.69) is 16.4 Å². The largest absolute Gasteiger partial charge is 0.392 e.